The molecule has 0 spiro atoms. The number of carbonyl (C=O) groups excluding carboxylic acids is 1. The van der Waals surface area contributed by atoms with Crippen LogP contribution in [0, 0.1) is 0 Å². The summed E-state index contributed by atoms with van der Waals surface area (Å²) in [5.74, 6) is 0.0624. The average Bonchev–Trinajstić information content (AvgIpc) is 3.47. The Kier molecular flexibility index (Phi) is 6.54. The predicted octanol–water partition coefficient (Wildman–Crippen LogP) is 3.93. The second-order valence-corrected chi connectivity index (χ2v) is 9.23. The topological polar surface area (TPSA) is 103 Å². The van der Waals surface area contributed by atoms with Crippen molar-refractivity contribution in [2.45, 2.75) is 23.6 Å². The summed E-state index contributed by atoms with van der Waals surface area (Å²) >= 11 is 1.63. The van der Waals surface area contributed by atoms with E-state index in [1.54, 1.807) is 28.3 Å². The van der Waals surface area contributed by atoms with Gasteiger partial charge in [-0.15, -0.1) is 16.4 Å². The number of thiophene rings is 1. The van der Waals surface area contributed by atoms with Gasteiger partial charge in [0.2, 0.25) is 5.91 Å². The van der Waals surface area contributed by atoms with Gasteiger partial charge >= 0.3 is 0 Å². The fourth-order valence-electron chi connectivity index (χ4n) is 3.00. The maximum atomic E-state index is 12.4. The van der Waals surface area contributed by atoms with Gasteiger partial charge < -0.3 is 11.1 Å². The average molecular weight is 452 g/mol. The number of amides is 1. The molecule has 1 amide bonds. The van der Waals surface area contributed by atoms with E-state index in [4.69, 9.17) is 5.73 Å². The van der Waals surface area contributed by atoms with Crippen LogP contribution in [0.4, 0.5) is 11.4 Å². The highest BCUT2D eigenvalue weighted by Crippen LogP contribution is 2.30. The van der Waals surface area contributed by atoms with E-state index < -0.39 is 10.8 Å². The van der Waals surface area contributed by atoms with Crippen LogP contribution in [0.3, 0.4) is 0 Å². The van der Waals surface area contributed by atoms with E-state index in [-0.39, 0.29) is 18.2 Å². The highest BCUT2D eigenvalue weighted by Gasteiger charge is 2.11. The quantitative estimate of drug-likeness (QED) is 0.395. The molecule has 4 rings (SSSR count). The Morgan fingerprint density at radius 3 is 2.74 bits per heavy atom. The fraction of sp³-hybridized carbons (Fsp3) is 0.136. The normalized spacial score (nSPS) is 11.9. The van der Waals surface area contributed by atoms with Crippen LogP contribution in [0.5, 0.6) is 0 Å². The first-order valence-electron chi connectivity index (χ1n) is 9.64. The molecule has 4 aromatic rings. The summed E-state index contributed by atoms with van der Waals surface area (Å²) in [4.78, 5) is 14.3. The summed E-state index contributed by atoms with van der Waals surface area (Å²) in [5, 5.41) is 13.0. The maximum Gasteiger partial charge on any atom is 0.224 e. The summed E-state index contributed by atoms with van der Waals surface area (Å²) in [7, 11) is -1.21. The van der Waals surface area contributed by atoms with Crippen molar-refractivity contribution in [2.75, 3.05) is 11.1 Å². The first kappa shape index (κ1) is 21.0. The van der Waals surface area contributed by atoms with Crippen molar-refractivity contribution in [3.05, 3.63) is 77.9 Å². The molecule has 0 aliphatic heterocycles. The molecule has 0 saturated heterocycles. The van der Waals surface area contributed by atoms with Gasteiger partial charge in [-0.05, 0) is 41.3 Å². The molecule has 7 nitrogen and oxygen atoms in total. The molecule has 1 atom stereocenters. The fourth-order valence-corrected chi connectivity index (χ4v) is 4.70. The van der Waals surface area contributed by atoms with Crippen LogP contribution in [-0.2, 0) is 27.9 Å². The van der Waals surface area contributed by atoms with E-state index in [0.717, 1.165) is 15.3 Å². The van der Waals surface area contributed by atoms with Crippen LogP contribution >= 0.6 is 11.3 Å². The number of nitrogens with zero attached hydrogens (tertiary/aromatic N) is 3. The standard InChI is InChI=1S/C22H21N5O2S2/c23-19-10-8-16(21-7-4-12-30-21)13-20(19)24-22(28)11-9-17-14-27(26-25-17)15-31(29)18-5-2-1-3-6-18/h1-8,10,12-14H,9,11,15,23H2,(H,24,28). The Morgan fingerprint density at radius 2 is 1.97 bits per heavy atom. The van der Waals surface area contributed by atoms with Gasteiger partial charge in [-0.2, -0.15) is 0 Å². The van der Waals surface area contributed by atoms with Gasteiger partial charge in [0.15, 0.2) is 0 Å². The van der Waals surface area contributed by atoms with Crippen molar-refractivity contribution in [2.24, 2.45) is 0 Å². The third-order valence-corrected chi connectivity index (χ3v) is 6.80. The Hall–Kier alpha value is -3.30. The zero-order chi connectivity index (χ0) is 21.6. The van der Waals surface area contributed by atoms with Crippen LogP contribution in [0.2, 0.25) is 0 Å². The lowest BCUT2D eigenvalue weighted by Gasteiger charge is -2.09. The largest absolute Gasteiger partial charge is 0.397 e. The number of hydrogen-bond acceptors (Lipinski definition) is 6. The molecule has 31 heavy (non-hydrogen) atoms. The van der Waals surface area contributed by atoms with Crippen molar-refractivity contribution >= 4 is 39.4 Å². The minimum absolute atomic E-state index is 0.155. The van der Waals surface area contributed by atoms with Crippen LogP contribution in [0.1, 0.15) is 12.1 Å². The Labute approximate surface area is 186 Å². The number of aryl methyl sites for hydroxylation is 1. The molecule has 3 N–H and O–H groups in total. The predicted molar refractivity (Wildman–Crippen MR) is 124 cm³/mol. The molecule has 158 valence electrons. The van der Waals surface area contributed by atoms with Crippen molar-refractivity contribution in [1.29, 1.82) is 0 Å². The van der Waals surface area contributed by atoms with Crippen LogP contribution in [0.25, 0.3) is 10.4 Å². The van der Waals surface area contributed by atoms with Crippen molar-refractivity contribution in [1.82, 2.24) is 15.0 Å². The van der Waals surface area contributed by atoms with Gasteiger partial charge in [0.1, 0.15) is 5.88 Å². The summed E-state index contributed by atoms with van der Waals surface area (Å²) in [6.07, 6.45) is 2.39. The number of nitrogen functional groups attached to an aromatic ring is 1. The number of nitrogens with two attached hydrogens (primary N) is 1. The number of benzene rings is 2. The number of aromatic nitrogens is 3. The zero-order valence-corrected chi connectivity index (χ0v) is 18.2. The van der Waals surface area contributed by atoms with E-state index >= 15 is 0 Å². The summed E-state index contributed by atoms with van der Waals surface area (Å²) < 4.78 is 13.9. The molecule has 9 heteroatoms. The second kappa shape index (κ2) is 9.67. The Balaban J connectivity index is 1.33. The van der Waals surface area contributed by atoms with E-state index in [0.29, 0.717) is 23.5 Å². The van der Waals surface area contributed by atoms with E-state index in [1.807, 2.05) is 60.0 Å². The third kappa shape index (κ3) is 5.44. The minimum atomic E-state index is -1.21. The molecule has 2 heterocycles. The summed E-state index contributed by atoms with van der Waals surface area (Å²) in [6, 6.07) is 18.8. The Bertz CT molecular complexity index is 1190. The Morgan fingerprint density at radius 1 is 1.13 bits per heavy atom. The van der Waals surface area contributed by atoms with Gasteiger partial charge in [0.05, 0.1) is 27.9 Å². The third-order valence-electron chi connectivity index (χ3n) is 4.58. The van der Waals surface area contributed by atoms with Crippen molar-refractivity contribution in [3.63, 3.8) is 0 Å². The number of carbonyl (C=O) groups is 1. The van der Waals surface area contributed by atoms with Gasteiger partial charge in [-0.25, -0.2) is 4.68 Å². The number of nitrogens with one attached hydrogen (secondary N) is 1. The highest BCUT2D eigenvalue weighted by atomic mass is 32.2. The summed E-state index contributed by atoms with van der Waals surface area (Å²) in [5.41, 5.74) is 8.82. The molecular weight excluding hydrogens is 430 g/mol. The molecule has 2 aromatic carbocycles. The van der Waals surface area contributed by atoms with Gasteiger partial charge in [0, 0.05) is 28.8 Å². The van der Waals surface area contributed by atoms with Gasteiger partial charge in [0.25, 0.3) is 0 Å². The number of rotatable bonds is 8. The zero-order valence-electron chi connectivity index (χ0n) is 16.6. The van der Waals surface area contributed by atoms with E-state index in [2.05, 4.69) is 15.6 Å². The first-order chi connectivity index (χ1) is 15.1. The van der Waals surface area contributed by atoms with Crippen molar-refractivity contribution < 1.29 is 9.00 Å². The smallest absolute Gasteiger partial charge is 0.224 e. The lowest BCUT2D eigenvalue weighted by molar-refractivity contribution is -0.116. The molecule has 0 bridgehead atoms. The monoisotopic (exact) mass is 451 g/mol. The maximum absolute atomic E-state index is 12.4. The number of anilines is 2. The SMILES string of the molecule is Nc1ccc(-c2cccs2)cc1NC(=O)CCc1cn(CS(=O)c2ccccc2)nn1. The lowest BCUT2D eigenvalue weighted by Crippen LogP contribution is -2.13. The van der Waals surface area contributed by atoms with Gasteiger partial charge in [-0.3, -0.25) is 9.00 Å². The molecule has 0 radical (unpaired) electrons. The van der Waals surface area contributed by atoms with Crippen LogP contribution in [-0.4, -0.2) is 25.1 Å². The molecule has 0 fully saturated rings. The second-order valence-electron chi connectivity index (χ2n) is 6.86. The highest BCUT2D eigenvalue weighted by molar-refractivity contribution is 7.84. The minimum Gasteiger partial charge on any atom is -0.397 e. The molecule has 1 unspecified atom stereocenters. The van der Waals surface area contributed by atoms with Crippen LogP contribution in [0.15, 0.2) is 77.1 Å². The molecule has 2 aromatic heterocycles. The molecule has 0 aliphatic rings. The van der Waals surface area contributed by atoms with E-state index in [9.17, 15) is 9.00 Å². The van der Waals surface area contributed by atoms with E-state index in [1.165, 1.54) is 0 Å². The van der Waals surface area contributed by atoms with Crippen molar-refractivity contribution in [3.8, 4) is 10.4 Å². The molecule has 0 aliphatic carbocycles. The molecular formula is C22H21N5O2S2. The molecule has 0 saturated carbocycles. The lowest BCUT2D eigenvalue weighted by atomic mass is 10.1. The van der Waals surface area contributed by atoms with Gasteiger partial charge in [-0.1, -0.05) is 35.5 Å². The first-order valence-corrected chi connectivity index (χ1v) is 11.8. The number of hydrogen-bond donors (Lipinski definition) is 2. The summed E-state index contributed by atoms with van der Waals surface area (Å²) in [6.45, 7) is 0. The van der Waals surface area contributed by atoms with Crippen LogP contribution < -0.4 is 11.1 Å².